The lowest BCUT2D eigenvalue weighted by Gasteiger charge is -2.31. The van der Waals surface area contributed by atoms with Crippen molar-refractivity contribution in [2.75, 3.05) is 0 Å². The summed E-state index contributed by atoms with van der Waals surface area (Å²) in [6, 6.07) is 6.56. The number of phenols is 1. The lowest BCUT2D eigenvalue weighted by atomic mass is 9.86. The van der Waals surface area contributed by atoms with Crippen LogP contribution in [0, 0.1) is 5.41 Å². The van der Waals surface area contributed by atoms with Gasteiger partial charge in [-0.1, -0.05) is 20.8 Å². The molecular weight excluding hydrogens is 230 g/mol. The molecule has 3 N–H and O–H groups in total. The van der Waals surface area contributed by atoms with Crippen LogP contribution in [-0.4, -0.2) is 17.1 Å². The Morgan fingerprint density at radius 3 is 2.33 bits per heavy atom. The second kappa shape index (κ2) is 5.76. The summed E-state index contributed by atoms with van der Waals surface area (Å²) in [4.78, 5) is 10.9. The quantitative estimate of drug-likeness (QED) is 0.844. The molecule has 0 heterocycles. The van der Waals surface area contributed by atoms with Crippen LogP contribution < -0.4 is 10.5 Å². The molecule has 1 atom stereocenters. The van der Waals surface area contributed by atoms with E-state index in [0.717, 1.165) is 0 Å². The number of benzene rings is 1. The number of rotatable bonds is 5. The minimum Gasteiger partial charge on any atom is -0.508 e. The molecule has 1 amide bonds. The van der Waals surface area contributed by atoms with Crippen molar-refractivity contribution in [1.82, 2.24) is 0 Å². The van der Waals surface area contributed by atoms with Gasteiger partial charge in [-0.3, -0.25) is 4.79 Å². The summed E-state index contributed by atoms with van der Waals surface area (Å²) in [5.41, 5.74) is 5.08. The van der Waals surface area contributed by atoms with Crippen LogP contribution in [0.1, 0.15) is 33.6 Å². The molecule has 0 fully saturated rings. The average Bonchev–Trinajstić information content (AvgIpc) is 2.24. The largest absolute Gasteiger partial charge is 0.508 e. The molecule has 1 rings (SSSR count). The van der Waals surface area contributed by atoms with E-state index in [2.05, 4.69) is 20.8 Å². The highest BCUT2D eigenvalue weighted by Gasteiger charge is 2.26. The zero-order chi connectivity index (χ0) is 13.8. The third-order valence-electron chi connectivity index (χ3n) is 2.73. The lowest BCUT2D eigenvalue weighted by molar-refractivity contribution is -0.118. The smallest absolute Gasteiger partial charge is 0.217 e. The second-order valence-corrected chi connectivity index (χ2v) is 5.47. The van der Waals surface area contributed by atoms with Gasteiger partial charge in [0.25, 0.3) is 0 Å². The summed E-state index contributed by atoms with van der Waals surface area (Å²) in [6.45, 7) is 6.16. The van der Waals surface area contributed by atoms with Crippen molar-refractivity contribution >= 4 is 5.91 Å². The van der Waals surface area contributed by atoms with Crippen LogP contribution >= 0.6 is 0 Å². The Kier molecular flexibility index (Phi) is 4.59. The van der Waals surface area contributed by atoms with Gasteiger partial charge in [0.1, 0.15) is 17.6 Å². The fourth-order valence-corrected chi connectivity index (χ4v) is 1.63. The number of carbonyl (C=O) groups excluding carboxylic acids is 1. The van der Waals surface area contributed by atoms with E-state index in [4.69, 9.17) is 10.5 Å². The van der Waals surface area contributed by atoms with E-state index in [-0.39, 0.29) is 23.2 Å². The molecule has 1 aromatic rings. The van der Waals surface area contributed by atoms with Gasteiger partial charge in [-0.05, 0) is 36.1 Å². The zero-order valence-electron chi connectivity index (χ0n) is 11.1. The number of nitrogens with two attached hydrogens (primary N) is 1. The molecular formula is C14H21NO3. The number of amides is 1. The van der Waals surface area contributed by atoms with Gasteiger partial charge < -0.3 is 15.6 Å². The first-order valence-corrected chi connectivity index (χ1v) is 6.03. The summed E-state index contributed by atoms with van der Waals surface area (Å²) >= 11 is 0. The van der Waals surface area contributed by atoms with Gasteiger partial charge in [0.2, 0.25) is 5.91 Å². The molecule has 100 valence electrons. The van der Waals surface area contributed by atoms with Gasteiger partial charge in [-0.25, -0.2) is 0 Å². The maximum absolute atomic E-state index is 10.9. The molecule has 0 aromatic heterocycles. The van der Waals surface area contributed by atoms with Gasteiger partial charge in [0.05, 0.1) is 0 Å². The Morgan fingerprint density at radius 1 is 1.33 bits per heavy atom. The SMILES string of the molecule is CC(C)(C)C(CCC(N)=O)Oc1ccc(O)cc1. The van der Waals surface area contributed by atoms with Crippen LogP contribution in [0.2, 0.25) is 0 Å². The maximum Gasteiger partial charge on any atom is 0.217 e. The maximum atomic E-state index is 10.9. The lowest BCUT2D eigenvalue weighted by Crippen LogP contribution is -2.33. The Balaban J connectivity index is 2.72. The van der Waals surface area contributed by atoms with Crippen molar-refractivity contribution in [2.24, 2.45) is 11.1 Å². The van der Waals surface area contributed by atoms with E-state index in [0.29, 0.717) is 18.6 Å². The first kappa shape index (κ1) is 14.4. The van der Waals surface area contributed by atoms with Gasteiger partial charge in [0.15, 0.2) is 0 Å². The van der Waals surface area contributed by atoms with Crippen molar-refractivity contribution in [3.8, 4) is 11.5 Å². The van der Waals surface area contributed by atoms with E-state index in [1.54, 1.807) is 24.3 Å². The van der Waals surface area contributed by atoms with E-state index in [9.17, 15) is 9.90 Å². The second-order valence-electron chi connectivity index (χ2n) is 5.47. The number of phenolic OH excluding ortho intramolecular Hbond substituents is 1. The predicted molar refractivity (Wildman–Crippen MR) is 70.4 cm³/mol. The topological polar surface area (TPSA) is 72.6 Å². The molecule has 0 saturated heterocycles. The van der Waals surface area contributed by atoms with Gasteiger partial charge in [-0.2, -0.15) is 0 Å². The Hall–Kier alpha value is -1.71. The molecule has 0 aliphatic heterocycles. The van der Waals surface area contributed by atoms with Gasteiger partial charge in [-0.15, -0.1) is 0 Å². The van der Waals surface area contributed by atoms with Crippen LogP contribution in [0.3, 0.4) is 0 Å². The zero-order valence-corrected chi connectivity index (χ0v) is 11.1. The highest BCUT2D eigenvalue weighted by Crippen LogP contribution is 2.28. The van der Waals surface area contributed by atoms with E-state index in [1.807, 2.05) is 0 Å². The first-order valence-electron chi connectivity index (χ1n) is 6.03. The van der Waals surface area contributed by atoms with Gasteiger partial charge in [0, 0.05) is 6.42 Å². The fourth-order valence-electron chi connectivity index (χ4n) is 1.63. The normalized spacial score (nSPS) is 13.1. The fraction of sp³-hybridized carbons (Fsp3) is 0.500. The Morgan fingerprint density at radius 2 is 1.89 bits per heavy atom. The van der Waals surface area contributed by atoms with E-state index < -0.39 is 0 Å². The Labute approximate surface area is 108 Å². The molecule has 4 nitrogen and oxygen atoms in total. The summed E-state index contributed by atoms with van der Waals surface area (Å²) in [5, 5.41) is 9.21. The van der Waals surface area contributed by atoms with Crippen LogP contribution in [-0.2, 0) is 4.79 Å². The Bertz CT molecular complexity index is 392. The predicted octanol–water partition coefficient (Wildman–Crippen LogP) is 2.45. The highest BCUT2D eigenvalue weighted by molar-refractivity contribution is 5.73. The summed E-state index contributed by atoms with van der Waals surface area (Å²) < 4.78 is 5.87. The number of carbonyl (C=O) groups is 1. The summed E-state index contributed by atoms with van der Waals surface area (Å²) in [6.07, 6.45) is 0.786. The number of aromatic hydroxyl groups is 1. The molecule has 4 heteroatoms. The molecule has 0 radical (unpaired) electrons. The van der Waals surface area contributed by atoms with Crippen molar-refractivity contribution < 1.29 is 14.6 Å². The number of ether oxygens (including phenoxy) is 1. The number of hydrogen-bond acceptors (Lipinski definition) is 3. The number of hydrogen-bond donors (Lipinski definition) is 2. The first-order chi connectivity index (χ1) is 8.29. The monoisotopic (exact) mass is 251 g/mol. The van der Waals surface area contributed by atoms with Crippen LogP contribution in [0.4, 0.5) is 0 Å². The standard InChI is InChI=1S/C14H21NO3/c1-14(2,3)12(8-9-13(15)17)18-11-6-4-10(16)5-7-11/h4-7,12,16H,8-9H2,1-3H3,(H2,15,17). The van der Waals surface area contributed by atoms with Crippen molar-refractivity contribution in [2.45, 2.75) is 39.7 Å². The highest BCUT2D eigenvalue weighted by atomic mass is 16.5. The van der Waals surface area contributed by atoms with E-state index >= 15 is 0 Å². The molecule has 18 heavy (non-hydrogen) atoms. The van der Waals surface area contributed by atoms with Crippen molar-refractivity contribution in [1.29, 1.82) is 0 Å². The van der Waals surface area contributed by atoms with Crippen LogP contribution in [0.15, 0.2) is 24.3 Å². The third kappa shape index (κ3) is 4.65. The van der Waals surface area contributed by atoms with Crippen molar-refractivity contribution in [3.63, 3.8) is 0 Å². The molecule has 1 unspecified atom stereocenters. The molecule has 0 aliphatic rings. The van der Waals surface area contributed by atoms with Crippen LogP contribution in [0.25, 0.3) is 0 Å². The third-order valence-corrected chi connectivity index (χ3v) is 2.73. The van der Waals surface area contributed by atoms with Crippen LogP contribution in [0.5, 0.6) is 11.5 Å². The van der Waals surface area contributed by atoms with Gasteiger partial charge >= 0.3 is 0 Å². The average molecular weight is 251 g/mol. The van der Waals surface area contributed by atoms with E-state index in [1.165, 1.54) is 0 Å². The molecule has 0 aliphatic carbocycles. The molecule has 1 aromatic carbocycles. The molecule has 0 saturated carbocycles. The minimum absolute atomic E-state index is 0.0899. The molecule has 0 bridgehead atoms. The molecule has 0 spiro atoms. The minimum atomic E-state index is -0.321. The summed E-state index contributed by atoms with van der Waals surface area (Å²) in [5.74, 6) is 0.558. The number of primary amides is 1. The summed E-state index contributed by atoms with van der Waals surface area (Å²) in [7, 11) is 0. The van der Waals surface area contributed by atoms with Crippen molar-refractivity contribution in [3.05, 3.63) is 24.3 Å².